The van der Waals surface area contributed by atoms with Gasteiger partial charge in [0.2, 0.25) is 0 Å². The van der Waals surface area contributed by atoms with Crippen molar-refractivity contribution in [3.05, 3.63) is 28.6 Å². The van der Waals surface area contributed by atoms with Crippen molar-refractivity contribution in [2.24, 2.45) is 0 Å². The Labute approximate surface area is 95.2 Å². The molecule has 0 atom stereocenters. The molecule has 0 saturated heterocycles. The molecule has 80 valence electrons. The second kappa shape index (κ2) is 4.16. The SMILES string of the molecule is N#Cc1cn(CC(=O)O)nc1-c1ccsc1. The Bertz CT molecular complexity index is 551. The van der Waals surface area contributed by atoms with Gasteiger partial charge >= 0.3 is 5.97 Å². The van der Waals surface area contributed by atoms with Crippen LogP contribution in [0.2, 0.25) is 0 Å². The van der Waals surface area contributed by atoms with Crippen LogP contribution in [0.5, 0.6) is 0 Å². The average Bonchev–Trinajstić information content (AvgIpc) is 2.83. The summed E-state index contributed by atoms with van der Waals surface area (Å²) in [5.41, 5.74) is 1.76. The molecule has 0 saturated carbocycles. The highest BCUT2D eigenvalue weighted by Crippen LogP contribution is 2.23. The maximum absolute atomic E-state index is 10.5. The molecular formula is C10H7N3O2S. The van der Waals surface area contributed by atoms with E-state index in [0.29, 0.717) is 11.3 Å². The van der Waals surface area contributed by atoms with Crippen LogP contribution in [0.3, 0.4) is 0 Å². The summed E-state index contributed by atoms with van der Waals surface area (Å²) < 4.78 is 1.26. The maximum atomic E-state index is 10.5. The van der Waals surface area contributed by atoms with Crippen molar-refractivity contribution in [3.63, 3.8) is 0 Å². The molecule has 0 spiro atoms. The normalized spacial score (nSPS) is 9.94. The second-order valence-electron chi connectivity index (χ2n) is 3.11. The van der Waals surface area contributed by atoms with Crippen LogP contribution in [0, 0.1) is 11.3 Å². The minimum Gasteiger partial charge on any atom is -0.480 e. The third-order valence-corrected chi connectivity index (χ3v) is 2.66. The van der Waals surface area contributed by atoms with Crippen molar-refractivity contribution >= 4 is 17.3 Å². The van der Waals surface area contributed by atoms with Gasteiger partial charge in [-0.05, 0) is 11.4 Å². The van der Waals surface area contributed by atoms with Crippen molar-refractivity contribution < 1.29 is 9.90 Å². The fourth-order valence-electron chi connectivity index (χ4n) is 1.34. The smallest absolute Gasteiger partial charge is 0.325 e. The standard InChI is InChI=1S/C10H7N3O2S/c11-3-8-4-13(5-9(14)15)12-10(8)7-1-2-16-6-7/h1-2,4,6H,5H2,(H,14,15). The molecule has 0 radical (unpaired) electrons. The topological polar surface area (TPSA) is 78.9 Å². The zero-order chi connectivity index (χ0) is 11.5. The van der Waals surface area contributed by atoms with Crippen molar-refractivity contribution in [2.75, 3.05) is 0 Å². The van der Waals surface area contributed by atoms with Crippen LogP contribution in [-0.2, 0) is 11.3 Å². The van der Waals surface area contributed by atoms with Gasteiger partial charge in [0.05, 0.1) is 5.56 Å². The lowest BCUT2D eigenvalue weighted by Crippen LogP contribution is -2.08. The van der Waals surface area contributed by atoms with Crippen LogP contribution in [-0.4, -0.2) is 20.9 Å². The summed E-state index contributed by atoms with van der Waals surface area (Å²) in [6.07, 6.45) is 1.45. The number of nitrogens with zero attached hydrogens (tertiary/aromatic N) is 3. The monoisotopic (exact) mass is 233 g/mol. The molecule has 0 aliphatic heterocycles. The minimum atomic E-state index is -0.983. The molecule has 2 aromatic rings. The summed E-state index contributed by atoms with van der Waals surface area (Å²) in [6.45, 7) is -0.237. The lowest BCUT2D eigenvalue weighted by Gasteiger charge is -1.93. The third-order valence-electron chi connectivity index (χ3n) is 1.97. The van der Waals surface area contributed by atoms with E-state index in [-0.39, 0.29) is 6.54 Å². The van der Waals surface area contributed by atoms with Crippen LogP contribution >= 0.6 is 11.3 Å². The van der Waals surface area contributed by atoms with E-state index < -0.39 is 5.97 Å². The van der Waals surface area contributed by atoms with Gasteiger partial charge < -0.3 is 5.11 Å². The van der Waals surface area contributed by atoms with Gasteiger partial charge in [0.1, 0.15) is 18.3 Å². The highest BCUT2D eigenvalue weighted by atomic mass is 32.1. The van der Waals surface area contributed by atoms with E-state index in [1.54, 1.807) is 0 Å². The molecular weight excluding hydrogens is 226 g/mol. The highest BCUT2D eigenvalue weighted by molar-refractivity contribution is 7.08. The molecule has 16 heavy (non-hydrogen) atoms. The molecule has 2 heterocycles. The summed E-state index contributed by atoms with van der Waals surface area (Å²) >= 11 is 1.50. The van der Waals surface area contributed by atoms with Gasteiger partial charge in [-0.15, -0.1) is 0 Å². The molecule has 0 aliphatic rings. The van der Waals surface area contributed by atoms with Crippen LogP contribution in [0.4, 0.5) is 0 Å². The summed E-state index contributed by atoms with van der Waals surface area (Å²) in [4.78, 5) is 10.5. The van der Waals surface area contributed by atoms with Crippen LogP contribution in [0.15, 0.2) is 23.0 Å². The Kier molecular flexibility index (Phi) is 2.70. The van der Waals surface area contributed by atoms with E-state index in [1.807, 2.05) is 22.9 Å². The second-order valence-corrected chi connectivity index (χ2v) is 3.89. The molecule has 0 bridgehead atoms. The molecule has 0 amide bonds. The Hall–Kier alpha value is -2.13. The molecule has 0 fully saturated rings. The van der Waals surface area contributed by atoms with Crippen LogP contribution in [0.25, 0.3) is 11.3 Å². The highest BCUT2D eigenvalue weighted by Gasteiger charge is 2.12. The first-order valence-electron chi connectivity index (χ1n) is 4.42. The Morgan fingerprint density at radius 1 is 1.69 bits per heavy atom. The average molecular weight is 233 g/mol. The summed E-state index contributed by atoms with van der Waals surface area (Å²) in [5.74, 6) is -0.983. The maximum Gasteiger partial charge on any atom is 0.325 e. The number of hydrogen-bond acceptors (Lipinski definition) is 4. The van der Waals surface area contributed by atoms with Gasteiger partial charge in [0.15, 0.2) is 0 Å². The summed E-state index contributed by atoms with van der Waals surface area (Å²) in [5, 5.41) is 25.4. The molecule has 6 heteroatoms. The number of thiophene rings is 1. The third kappa shape index (κ3) is 1.94. The van der Waals surface area contributed by atoms with Crippen molar-refractivity contribution in [2.45, 2.75) is 6.54 Å². The first-order chi connectivity index (χ1) is 7.70. The van der Waals surface area contributed by atoms with Gasteiger partial charge in [-0.3, -0.25) is 9.48 Å². The number of nitriles is 1. The number of hydrogen-bond donors (Lipinski definition) is 1. The van der Waals surface area contributed by atoms with Crippen LogP contribution < -0.4 is 0 Å². The number of carboxylic acid groups (broad SMARTS) is 1. The number of carboxylic acids is 1. The lowest BCUT2D eigenvalue weighted by molar-refractivity contribution is -0.137. The fraction of sp³-hybridized carbons (Fsp3) is 0.100. The van der Waals surface area contributed by atoms with Gasteiger partial charge in [0, 0.05) is 17.1 Å². The Morgan fingerprint density at radius 3 is 3.06 bits per heavy atom. The predicted molar refractivity (Wildman–Crippen MR) is 57.9 cm³/mol. The van der Waals surface area contributed by atoms with Crippen molar-refractivity contribution in [1.82, 2.24) is 9.78 Å². The number of rotatable bonds is 3. The quantitative estimate of drug-likeness (QED) is 0.872. The molecule has 1 N–H and O–H groups in total. The Morgan fingerprint density at radius 2 is 2.50 bits per heavy atom. The predicted octanol–water partition coefficient (Wildman–Crippen LogP) is 1.57. The lowest BCUT2D eigenvalue weighted by atomic mass is 10.2. The first kappa shape index (κ1) is 10.4. The largest absolute Gasteiger partial charge is 0.480 e. The van der Waals surface area contributed by atoms with E-state index in [9.17, 15) is 4.79 Å². The molecule has 0 unspecified atom stereocenters. The summed E-state index contributed by atoms with van der Waals surface area (Å²) in [6, 6.07) is 3.85. The molecule has 0 aromatic carbocycles. The van der Waals surface area contributed by atoms with E-state index in [1.165, 1.54) is 22.2 Å². The summed E-state index contributed by atoms with van der Waals surface area (Å²) in [7, 11) is 0. The molecule has 0 aliphatic carbocycles. The zero-order valence-corrected chi connectivity index (χ0v) is 8.94. The van der Waals surface area contributed by atoms with Crippen molar-refractivity contribution in [3.8, 4) is 17.3 Å². The van der Waals surface area contributed by atoms with Crippen LogP contribution in [0.1, 0.15) is 5.56 Å². The zero-order valence-electron chi connectivity index (χ0n) is 8.12. The van der Waals surface area contributed by atoms with E-state index in [4.69, 9.17) is 10.4 Å². The fourth-order valence-corrected chi connectivity index (χ4v) is 1.98. The number of aliphatic carboxylic acids is 1. The van der Waals surface area contributed by atoms with Gasteiger partial charge in [0.25, 0.3) is 0 Å². The van der Waals surface area contributed by atoms with Crippen molar-refractivity contribution in [1.29, 1.82) is 5.26 Å². The van der Waals surface area contributed by atoms with E-state index in [0.717, 1.165) is 5.56 Å². The molecule has 5 nitrogen and oxygen atoms in total. The number of carbonyl (C=O) groups is 1. The molecule has 2 rings (SSSR count). The van der Waals surface area contributed by atoms with Gasteiger partial charge in [-0.1, -0.05) is 0 Å². The van der Waals surface area contributed by atoms with Gasteiger partial charge in [-0.2, -0.15) is 21.7 Å². The molecule has 2 aromatic heterocycles. The van der Waals surface area contributed by atoms with E-state index in [2.05, 4.69) is 5.10 Å². The first-order valence-corrected chi connectivity index (χ1v) is 5.37. The number of aromatic nitrogens is 2. The Balaban J connectivity index is 2.42. The minimum absolute atomic E-state index is 0.237. The van der Waals surface area contributed by atoms with Gasteiger partial charge in [-0.25, -0.2) is 0 Å². The van der Waals surface area contributed by atoms with E-state index >= 15 is 0 Å².